The third-order valence-electron chi connectivity index (χ3n) is 4.42. The highest BCUT2D eigenvalue weighted by molar-refractivity contribution is 7.91. The molecule has 1 aromatic carbocycles. The van der Waals surface area contributed by atoms with Crippen LogP contribution in [0.25, 0.3) is 0 Å². The Bertz CT molecular complexity index is 929. The first-order valence-corrected chi connectivity index (χ1v) is 10.4. The van der Waals surface area contributed by atoms with Gasteiger partial charge in [0.25, 0.3) is 0 Å². The zero-order valence-electron chi connectivity index (χ0n) is 14.8. The average Bonchev–Trinajstić information content (AvgIpc) is 2.68. The number of anilines is 1. The Labute approximate surface area is 158 Å². The lowest BCUT2D eigenvalue weighted by molar-refractivity contribution is -0.128. The predicted molar refractivity (Wildman–Crippen MR) is 102 cm³/mol. The van der Waals surface area contributed by atoms with Crippen molar-refractivity contribution in [3.05, 3.63) is 59.8 Å². The highest BCUT2D eigenvalue weighted by Gasteiger charge is 2.26. The highest BCUT2D eigenvalue weighted by Crippen LogP contribution is 2.14. The number of aromatic nitrogens is 1. The molecular formula is C19H20N4O3S. The van der Waals surface area contributed by atoms with E-state index >= 15 is 0 Å². The minimum Gasteiger partial charge on any atom is -0.353 e. The van der Waals surface area contributed by atoms with Gasteiger partial charge in [-0.25, -0.2) is 13.4 Å². The molecule has 1 aliphatic heterocycles. The van der Waals surface area contributed by atoms with Gasteiger partial charge in [-0.05, 0) is 29.8 Å². The Morgan fingerprint density at radius 2 is 1.78 bits per heavy atom. The summed E-state index contributed by atoms with van der Waals surface area (Å²) in [4.78, 5) is 20.4. The van der Waals surface area contributed by atoms with Gasteiger partial charge < -0.3 is 9.80 Å². The molecule has 0 spiro atoms. The van der Waals surface area contributed by atoms with Gasteiger partial charge in [-0.2, -0.15) is 5.26 Å². The largest absolute Gasteiger partial charge is 0.353 e. The molecule has 27 heavy (non-hydrogen) atoms. The summed E-state index contributed by atoms with van der Waals surface area (Å²) in [6.45, 7) is 2.19. The van der Waals surface area contributed by atoms with Crippen LogP contribution in [0.1, 0.15) is 11.1 Å². The van der Waals surface area contributed by atoms with Gasteiger partial charge in [-0.3, -0.25) is 4.79 Å². The summed E-state index contributed by atoms with van der Waals surface area (Å²) >= 11 is 0. The molecule has 2 aromatic rings. The number of piperazine rings is 1. The maximum Gasteiger partial charge on any atom is 0.237 e. The van der Waals surface area contributed by atoms with Crippen molar-refractivity contribution in [3.63, 3.8) is 0 Å². The predicted octanol–water partition coefficient (Wildman–Crippen LogP) is 1.22. The number of rotatable bonds is 5. The topological polar surface area (TPSA) is 94.4 Å². The fourth-order valence-corrected chi connectivity index (χ4v) is 4.35. The smallest absolute Gasteiger partial charge is 0.237 e. The van der Waals surface area contributed by atoms with Crippen LogP contribution in [0.2, 0.25) is 0 Å². The summed E-state index contributed by atoms with van der Waals surface area (Å²) in [5.74, 6) is -0.225. The van der Waals surface area contributed by atoms with E-state index in [9.17, 15) is 13.2 Å². The van der Waals surface area contributed by atoms with Crippen molar-refractivity contribution in [3.8, 4) is 6.07 Å². The fraction of sp³-hybridized carbons (Fsp3) is 0.316. The second-order valence-corrected chi connectivity index (χ2v) is 8.46. The number of pyridine rings is 1. The van der Waals surface area contributed by atoms with E-state index in [1.807, 2.05) is 24.3 Å². The molecule has 0 atom stereocenters. The van der Waals surface area contributed by atoms with Gasteiger partial charge in [-0.15, -0.1) is 0 Å². The Morgan fingerprint density at radius 3 is 2.37 bits per heavy atom. The van der Waals surface area contributed by atoms with Gasteiger partial charge in [0.15, 0.2) is 9.84 Å². The molecule has 0 radical (unpaired) electrons. The lowest BCUT2D eigenvalue weighted by Gasteiger charge is -2.35. The third kappa shape index (κ3) is 5.05. The van der Waals surface area contributed by atoms with E-state index in [4.69, 9.17) is 5.26 Å². The lowest BCUT2D eigenvalue weighted by Crippen LogP contribution is -2.50. The van der Waals surface area contributed by atoms with Crippen LogP contribution in [0.5, 0.6) is 0 Å². The first kappa shape index (κ1) is 18.9. The summed E-state index contributed by atoms with van der Waals surface area (Å²) in [5.41, 5.74) is 1.04. The molecule has 1 saturated heterocycles. The first-order chi connectivity index (χ1) is 13.0. The summed E-state index contributed by atoms with van der Waals surface area (Å²) in [6.07, 6.45) is 1.72. The van der Waals surface area contributed by atoms with Crippen LogP contribution in [0.4, 0.5) is 5.82 Å². The molecule has 140 valence electrons. The van der Waals surface area contributed by atoms with Gasteiger partial charge in [0.1, 0.15) is 11.6 Å². The number of amides is 1. The minimum atomic E-state index is -3.57. The van der Waals surface area contributed by atoms with Crippen LogP contribution < -0.4 is 4.90 Å². The molecule has 7 nitrogen and oxygen atoms in total. The monoisotopic (exact) mass is 384 g/mol. The number of carbonyl (C=O) groups excluding carboxylic acids is 1. The second kappa shape index (κ2) is 8.18. The third-order valence-corrected chi connectivity index (χ3v) is 5.88. The number of carbonyl (C=O) groups is 1. The zero-order valence-corrected chi connectivity index (χ0v) is 15.6. The summed E-state index contributed by atoms with van der Waals surface area (Å²) in [6, 6.07) is 14.0. The Balaban J connectivity index is 1.54. The number of benzene rings is 1. The Hall–Kier alpha value is -2.92. The van der Waals surface area contributed by atoms with E-state index in [1.165, 1.54) is 0 Å². The van der Waals surface area contributed by atoms with Crippen molar-refractivity contribution in [1.29, 1.82) is 5.26 Å². The number of nitrogens with zero attached hydrogens (tertiary/aromatic N) is 4. The molecule has 1 aromatic heterocycles. The van der Waals surface area contributed by atoms with Crippen molar-refractivity contribution in [1.82, 2.24) is 9.88 Å². The van der Waals surface area contributed by atoms with Crippen molar-refractivity contribution < 1.29 is 13.2 Å². The van der Waals surface area contributed by atoms with E-state index in [0.29, 0.717) is 37.3 Å². The number of nitriles is 1. The van der Waals surface area contributed by atoms with E-state index in [-0.39, 0.29) is 11.7 Å². The molecule has 3 rings (SSSR count). The summed E-state index contributed by atoms with van der Waals surface area (Å²) in [5, 5.41) is 8.79. The summed E-state index contributed by atoms with van der Waals surface area (Å²) < 4.78 is 24.7. The fourth-order valence-electron chi connectivity index (χ4n) is 2.99. The van der Waals surface area contributed by atoms with Crippen LogP contribution in [0.15, 0.2) is 48.7 Å². The van der Waals surface area contributed by atoms with Gasteiger partial charge in [0, 0.05) is 32.4 Å². The molecule has 8 heteroatoms. The van der Waals surface area contributed by atoms with Crippen LogP contribution in [-0.2, 0) is 20.4 Å². The SMILES string of the molecule is N#Cc1ccc(CS(=O)(=O)CC(=O)N2CCN(c3ccccn3)CC2)cc1. The maximum atomic E-state index is 12.4. The lowest BCUT2D eigenvalue weighted by atomic mass is 10.2. The Kier molecular flexibility index (Phi) is 5.72. The second-order valence-electron chi connectivity index (χ2n) is 6.40. The number of hydrogen-bond donors (Lipinski definition) is 0. The Morgan fingerprint density at radius 1 is 1.07 bits per heavy atom. The molecule has 1 amide bonds. The van der Waals surface area contributed by atoms with E-state index < -0.39 is 15.6 Å². The number of sulfone groups is 1. The van der Waals surface area contributed by atoms with Crippen LogP contribution in [0, 0.1) is 11.3 Å². The van der Waals surface area contributed by atoms with Crippen LogP contribution in [0.3, 0.4) is 0 Å². The summed E-state index contributed by atoms with van der Waals surface area (Å²) in [7, 11) is -3.57. The number of hydrogen-bond acceptors (Lipinski definition) is 6. The van der Waals surface area contributed by atoms with E-state index in [0.717, 1.165) is 5.82 Å². The van der Waals surface area contributed by atoms with Gasteiger partial charge in [0.05, 0.1) is 17.4 Å². The molecule has 0 aliphatic carbocycles. The average molecular weight is 384 g/mol. The molecule has 2 heterocycles. The van der Waals surface area contributed by atoms with Crippen molar-refractivity contribution in [2.75, 3.05) is 36.8 Å². The molecule has 0 N–H and O–H groups in total. The molecule has 1 fully saturated rings. The molecule has 0 saturated carbocycles. The van der Waals surface area contributed by atoms with Crippen molar-refractivity contribution in [2.45, 2.75) is 5.75 Å². The van der Waals surface area contributed by atoms with Gasteiger partial charge >= 0.3 is 0 Å². The van der Waals surface area contributed by atoms with Crippen LogP contribution >= 0.6 is 0 Å². The van der Waals surface area contributed by atoms with Crippen molar-refractivity contribution >= 4 is 21.6 Å². The zero-order chi connectivity index (χ0) is 19.3. The molecule has 1 aliphatic rings. The molecular weight excluding hydrogens is 364 g/mol. The molecule has 0 bridgehead atoms. The standard InChI is InChI=1S/C19H20N4O3S/c20-13-16-4-6-17(7-5-16)14-27(25,26)15-19(24)23-11-9-22(10-12-23)18-3-1-2-8-21-18/h1-8H,9-12,14-15H2. The van der Waals surface area contributed by atoms with E-state index in [2.05, 4.69) is 9.88 Å². The van der Waals surface area contributed by atoms with Crippen molar-refractivity contribution in [2.24, 2.45) is 0 Å². The van der Waals surface area contributed by atoms with E-state index in [1.54, 1.807) is 35.4 Å². The van der Waals surface area contributed by atoms with Gasteiger partial charge in [-0.1, -0.05) is 18.2 Å². The normalized spacial score (nSPS) is 14.6. The quantitative estimate of drug-likeness (QED) is 0.769. The molecule has 0 unspecified atom stereocenters. The first-order valence-electron chi connectivity index (χ1n) is 8.60. The maximum absolute atomic E-state index is 12.4. The van der Waals surface area contributed by atoms with Gasteiger partial charge in [0.2, 0.25) is 5.91 Å². The van der Waals surface area contributed by atoms with Crippen LogP contribution in [-0.4, -0.2) is 56.1 Å². The highest BCUT2D eigenvalue weighted by atomic mass is 32.2. The minimum absolute atomic E-state index is 0.210.